The molecular formula is C21H23N3O2S. The van der Waals surface area contributed by atoms with E-state index in [2.05, 4.69) is 23.3 Å². The summed E-state index contributed by atoms with van der Waals surface area (Å²) in [7, 11) is 0. The number of fused-ring (bicyclic) bond motifs is 1. The molecule has 1 N–H and O–H groups in total. The monoisotopic (exact) mass is 381 g/mol. The number of unbranched alkanes of at least 4 members (excludes halogenated alkanes) is 1. The van der Waals surface area contributed by atoms with Gasteiger partial charge in [-0.3, -0.25) is 4.79 Å². The number of nitriles is 1. The molecule has 1 aromatic heterocycles. The predicted octanol–water partition coefficient (Wildman–Crippen LogP) is 4.35. The van der Waals surface area contributed by atoms with Crippen molar-refractivity contribution in [2.75, 3.05) is 17.7 Å². The second kappa shape index (κ2) is 9.43. The van der Waals surface area contributed by atoms with Crippen LogP contribution in [-0.2, 0) is 17.6 Å². The first kappa shape index (κ1) is 19.2. The number of aryl methyl sites for hydroxylation is 2. The van der Waals surface area contributed by atoms with Crippen molar-refractivity contribution in [2.45, 2.75) is 44.1 Å². The molecule has 0 fully saturated rings. The lowest BCUT2D eigenvalue weighted by molar-refractivity contribution is -0.113. The number of carbonyl (C=O) groups excluding carboxylic acids is 1. The van der Waals surface area contributed by atoms with Crippen LogP contribution in [0.5, 0.6) is 5.75 Å². The van der Waals surface area contributed by atoms with Crippen molar-refractivity contribution in [1.82, 2.24) is 4.98 Å². The second-order valence-electron chi connectivity index (χ2n) is 6.48. The number of carbonyl (C=O) groups is 1. The zero-order chi connectivity index (χ0) is 19.1. The van der Waals surface area contributed by atoms with E-state index in [1.54, 1.807) is 0 Å². The fraction of sp³-hybridized carbons (Fsp3) is 0.381. The van der Waals surface area contributed by atoms with Gasteiger partial charge in [0.1, 0.15) is 16.8 Å². The number of ether oxygens (including phenoxy) is 1. The number of hydrogen-bond acceptors (Lipinski definition) is 5. The molecule has 27 heavy (non-hydrogen) atoms. The maximum Gasteiger partial charge on any atom is 0.234 e. The first-order chi connectivity index (χ1) is 13.2. The molecule has 1 amide bonds. The lowest BCUT2D eigenvalue weighted by Crippen LogP contribution is -2.14. The molecule has 1 heterocycles. The van der Waals surface area contributed by atoms with Crippen LogP contribution in [0, 0.1) is 11.3 Å². The number of benzene rings is 1. The quantitative estimate of drug-likeness (QED) is 0.543. The van der Waals surface area contributed by atoms with E-state index in [-0.39, 0.29) is 11.7 Å². The van der Waals surface area contributed by atoms with Crippen LogP contribution in [0.4, 0.5) is 5.69 Å². The molecule has 0 radical (unpaired) electrons. The van der Waals surface area contributed by atoms with E-state index < -0.39 is 0 Å². The summed E-state index contributed by atoms with van der Waals surface area (Å²) in [5, 5.41) is 12.9. The number of thioether (sulfide) groups is 1. The molecule has 3 rings (SSSR count). The van der Waals surface area contributed by atoms with E-state index in [1.165, 1.54) is 17.3 Å². The summed E-state index contributed by atoms with van der Waals surface area (Å²) in [6.07, 6.45) is 5.10. The van der Waals surface area contributed by atoms with E-state index in [0.29, 0.717) is 22.9 Å². The van der Waals surface area contributed by atoms with E-state index in [0.717, 1.165) is 43.5 Å². The lowest BCUT2D eigenvalue weighted by atomic mass is 10.2. The first-order valence-electron chi connectivity index (χ1n) is 9.28. The summed E-state index contributed by atoms with van der Waals surface area (Å²) in [4.78, 5) is 16.9. The number of aromatic nitrogens is 1. The highest BCUT2D eigenvalue weighted by molar-refractivity contribution is 8.00. The molecule has 0 bridgehead atoms. The van der Waals surface area contributed by atoms with Gasteiger partial charge in [0.25, 0.3) is 0 Å². The minimum atomic E-state index is -0.128. The molecule has 1 aromatic carbocycles. The molecule has 0 saturated carbocycles. The smallest absolute Gasteiger partial charge is 0.234 e. The van der Waals surface area contributed by atoms with E-state index in [1.807, 2.05) is 30.3 Å². The first-order valence-corrected chi connectivity index (χ1v) is 10.3. The van der Waals surface area contributed by atoms with E-state index >= 15 is 0 Å². The van der Waals surface area contributed by atoms with Crippen molar-refractivity contribution < 1.29 is 9.53 Å². The van der Waals surface area contributed by atoms with Gasteiger partial charge in [0.05, 0.1) is 17.9 Å². The normalized spacial score (nSPS) is 12.3. The Morgan fingerprint density at radius 2 is 2.26 bits per heavy atom. The number of nitrogens with zero attached hydrogens (tertiary/aromatic N) is 2. The van der Waals surface area contributed by atoms with Crippen LogP contribution in [0.2, 0.25) is 0 Å². The summed E-state index contributed by atoms with van der Waals surface area (Å²) in [5.41, 5.74) is 3.49. The third-order valence-electron chi connectivity index (χ3n) is 4.36. The minimum absolute atomic E-state index is 0.128. The molecule has 140 valence electrons. The molecule has 1 aliphatic carbocycles. The van der Waals surface area contributed by atoms with Crippen LogP contribution in [0.3, 0.4) is 0 Å². The Bertz CT molecular complexity index is 861. The summed E-state index contributed by atoms with van der Waals surface area (Å²) < 4.78 is 5.67. The summed E-state index contributed by atoms with van der Waals surface area (Å²) in [6, 6.07) is 11.5. The molecule has 0 unspecified atom stereocenters. The highest BCUT2D eigenvalue weighted by Crippen LogP contribution is 2.28. The molecule has 2 aromatic rings. The number of hydrogen-bond donors (Lipinski definition) is 1. The predicted molar refractivity (Wildman–Crippen MR) is 107 cm³/mol. The molecule has 1 aliphatic rings. The maximum absolute atomic E-state index is 12.3. The number of anilines is 1. The zero-order valence-electron chi connectivity index (χ0n) is 15.5. The van der Waals surface area contributed by atoms with Gasteiger partial charge in [-0.1, -0.05) is 31.2 Å². The third kappa shape index (κ3) is 5.24. The van der Waals surface area contributed by atoms with Crippen molar-refractivity contribution in [3.63, 3.8) is 0 Å². The molecule has 5 nitrogen and oxygen atoms in total. The largest absolute Gasteiger partial charge is 0.494 e. The number of pyridine rings is 1. The summed E-state index contributed by atoms with van der Waals surface area (Å²) >= 11 is 1.31. The summed E-state index contributed by atoms with van der Waals surface area (Å²) in [6.45, 7) is 2.79. The van der Waals surface area contributed by atoms with Gasteiger partial charge in [-0.15, -0.1) is 0 Å². The molecule has 0 atom stereocenters. The Balaban J connectivity index is 1.57. The van der Waals surface area contributed by atoms with Crippen molar-refractivity contribution in [1.29, 1.82) is 5.26 Å². The highest BCUT2D eigenvalue weighted by Gasteiger charge is 2.17. The van der Waals surface area contributed by atoms with Gasteiger partial charge < -0.3 is 10.1 Å². The number of amides is 1. The average molecular weight is 382 g/mol. The third-order valence-corrected chi connectivity index (χ3v) is 5.35. The van der Waals surface area contributed by atoms with Gasteiger partial charge in [-0.25, -0.2) is 4.98 Å². The van der Waals surface area contributed by atoms with Crippen molar-refractivity contribution in [3.05, 3.63) is 47.2 Å². The van der Waals surface area contributed by atoms with Gasteiger partial charge in [0.2, 0.25) is 5.91 Å². The Morgan fingerprint density at radius 1 is 1.37 bits per heavy atom. The highest BCUT2D eigenvalue weighted by atomic mass is 32.2. The minimum Gasteiger partial charge on any atom is -0.494 e. The number of nitrogens with one attached hydrogen (secondary N) is 1. The van der Waals surface area contributed by atoms with Crippen LogP contribution in [0.25, 0.3) is 0 Å². The Kier molecular flexibility index (Phi) is 6.72. The van der Waals surface area contributed by atoms with Gasteiger partial charge in [0, 0.05) is 17.4 Å². The Labute approximate surface area is 164 Å². The van der Waals surface area contributed by atoms with Crippen LogP contribution in [0.1, 0.15) is 43.0 Å². The van der Waals surface area contributed by atoms with Crippen LogP contribution < -0.4 is 10.1 Å². The SMILES string of the molecule is CCCCOc1cccc(NC(=O)CSc2nc3c(cc2C#N)CCC3)c1. The topological polar surface area (TPSA) is 75.0 Å². The second-order valence-corrected chi connectivity index (χ2v) is 7.44. The van der Waals surface area contributed by atoms with Gasteiger partial charge in [-0.05, 0) is 49.4 Å². The maximum atomic E-state index is 12.3. The van der Waals surface area contributed by atoms with Crippen LogP contribution in [-0.4, -0.2) is 23.3 Å². The summed E-state index contributed by atoms with van der Waals surface area (Å²) in [5.74, 6) is 0.833. The molecule has 0 saturated heterocycles. The molecule has 0 spiro atoms. The number of rotatable bonds is 8. The van der Waals surface area contributed by atoms with Crippen LogP contribution in [0.15, 0.2) is 35.4 Å². The molecular weight excluding hydrogens is 358 g/mol. The lowest BCUT2D eigenvalue weighted by Gasteiger charge is -2.09. The average Bonchev–Trinajstić information content (AvgIpc) is 3.13. The molecule has 0 aliphatic heterocycles. The zero-order valence-corrected chi connectivity index (χ0v) is 16.3. The molecule has 6 heteroatoms. The fourth-order valence-electron chi connectivity index (χ4n) is 2.97. The Morgan fingerprint density at radius 3 is 3.07 bits per heavy atom. The van der Waals surface area contributed by atoms with Gasteiger partial charge >= 0.3 is 0 Å². The van der Waals surface area contributed by atoms with Gasteiger partial charge in [-0.2, -0.15) is 5.26 Å². The van der Waals surface area contributed by atoms with Crippen LogP contribution >= 0.6 is 11.8 Å². The Hall–Kier alpha value is -2.52. The van der Waals surface area contributed by atoms with E-state index in [4.69, 9.17) is 4.74 Å². The van der Waals surface area contributed by atoms with E-state index in [9.17, 15) is 10.1 Å². The standard InChI is InChI=1S/C21H23N3O2S/c1-2-3-10-26-18-8-5-7-17(12-18)23-20(25)14-27-21-16(13-22)11-15-6-4-9-19(15)24-21/h5,7-8,11-12H,2-4,6,9-10,14H2,1H3,(H,23,25). The van der Waals surface area contributed by atoms with Crippen molar-refractivity contribution in [3.8, 4) is 11.8 Å². The van der Waals surface area contributed by atoms with Crippen molar-refractivity contribution >= 4 is 23.4 Å². The van der Waals surface area contributed by atoms with Crippen molar-refractivity contribution in [2.24, 2.45) is 0 Å². The fourth-order valence-corrected chi connectivity index (χ4v) is 3.75. The van der Waals surface area contributed by atoms with Gasteiger partial charge in [0.15, 0.2) is 0 Å².